The van der Waals surface area contributed by atoms with E-state index in [2.05, 4.69) is 30.2 Å². The van der Waals surface area contributed by atoms with Crippen LogP contribution in [0.5, 0.6) is 5.88 Å². The summed E-state index contributed by atoms with van der Waals surface area (Å²) in [5.41, 5.74) is 1.25. The van der Waals surface area contributed by atoms with E-state index in [0.717, 1.165) is 6.54 Å². The van der Waals surface area contributed by atoms with Gasteiger partial charge in [0.05, 0.1) is 7.11 Å². The zero-order chi connectivity index (χ0) is 15.3. The van der Waals surface area contributed by atoms with Crippen molar-refractivity contribution in [3.05, 3.63) is 23.9 Å². The summed E-state index contributed by atoms with van der Waals surface area (Å²) >= 11 is 0. The zero-order valence-electron chi connectivity index (χ0n) is 14.0. The first-order valence-electron chi connectivity index (χ1n) is 8.52. The average Bonchev–Trinajstić information content (AvgIpc) is 2.52. The van der Waals surface area contributed by atoms with Gasteiger partial charge in [0, 0.05) is 24.8 Å². The number of aromatic nitrogens is 1. The summed E-state index contributed by atoms with van der Waals surface area (Å²) in [5.74, 6) is 0.697. The lowest BCUT2D eigenvalue weighted by Crippen LogP contribution is -2.28. The van der Waals surface area contributed by atoms with Crippen molar-refractivity contribution in [1.82, 2.24) is 10.3 Å². The normalized spacial score (nSPS) is 11.0. The molecule has 1 rings (SSSR count). The number of rotatable bonds is 12. The monoisotopic (exact) mass is 292 g/mol. The van der Waals surface area contributed by atoms with Crippen molar-refractivity contribution in [2.75, 3.05) is 7.11 Å². The molecule has 0 unspecified atom stereocenters. The van der Waals surface area contributed by atoms with Gasteiger partial charge in [0.15, 0.2) is 0 Å². The van der Waals surface area contributed by atoms with E-state index < -0.39 is 0 Å². The number of hydrogen-bond acceptors (Lipinski definition) is 3. The number of pyridine rings is 1. The van der Waals surface area contributed by atoms with Gasteiger partial charge in [-0.05, 0) is 24.5 Å². The molecule has 21 heavy (non-hydrogen) atoms. The van der Waals surface area contributed by atoms with Crippen LogP contribution in [0.3, 0.4) is 0 Å². The molecule has 0 saturated heterocycles. The molecule has 0 aliphatic carbocycles. The second-order valence-corrected chi connectivity index (χ2v) is 5.78. The van der Waals surface area contributed by atoms with E-state index >= 15 is 0 Å². The van der Waals surface area contributed by atoms with Crippen LogP contribution in [0.2, 0.25) is 0 Å². The highest BCUT2D eigenvalue weighted by molar-refractivity contribution is 5.20. The minimum Gasteiger partial charge on any atom is -0.481 e. The Hall–Kier alpha value is -1.09. The van der Waals surface area contributed by atoms with Gasteiger partial charge in [-0.2, -0.15) is 0 Å². The summed E-state index contributed by atoms with van der Waals surface area (Å²) in [6, 6.07) is 4.72. The Kier molecular flexibility index (Phi) is 9.88. The summed E-state index contributed by atoms with van der Waals surface area (Å²) in [6.45, 7) is 5.44. The minimum atomic E-state index is 0.641. The summed E-state index contributed by atoms with van der Waals surface area (Å²) < 4.78 is 5.18. The van der Waals surface area contributed by atoms with Gasteiger partial charge < -0.3 is 10.1 Å². The lowest BCUT2D eigenvalue weighted by molar-refractivity contribution is 0.395. The molecule has 0 saturated carbocycles. The second-order valence-electron chi connectivity index (χ2n) is 5.78. The van der Waals surface area contributed by atoms with Crippen molar-refractivity contribution in [1.29, 1.82) is 0 Å². The summed E-state index contributed by atoms with van der Waals surface area (Å²) in [4.78, 5) is 4.16. The van der Waals surface area contributed by atoms with Crippen LogP contribution in [0.1, 0.15) is 70.8 Å². The SMILES string of the molecule is CCCCCC(CCCCC)NCc1ccnc(OC)c1. The van der Waals surface area contributed by atoms with Crippen LogP contribution in [0.4, 0.5) is 0 Å². The standard InChI is InChI=1S/C18H32N2O/c1-4-6-8-10-17(11-9-7-5-2)20-15-16-12-13-19-18(14-16)21-3/h12-14,17,20H,4-11,15H2,1-3H3. The van der Waals surface area contributed by atoms with Gasteiger partial charge in [-0.1, -0.05) is 52.4 Å². The van der Waals surface area contributed by atoms with Crippen LogP contribution in [-0.2, 0) is 6.54 Å². The Balaban J connectivity index is 2.41. The molecule has 1 N–H and O–H groups in total. The van der Waals surface area contributed by atoms with Gasteiger partial charge in [0.2, 0.25) is 5.88 Å². The number of methoxy groups -OCH3 is 1. The van der Waals surface area contributed by atoms with Crippen LogP contribution in [-0.4, -0.2) is 18.1 Å². The molecular weight excluding hydrogens is 260 g/mol. The topological polar surface area (TPSA) is 34.2 Å². The molecule has 0 atom stereocenters. The van der Waals surface area contributed by atoms with Crippen molar-refractivity contribution in [3.63, 3.8) is 0 Å². The molecule has 0 radical (unpaired) electrons. The molecule has 0 aromatic carbocycles. The number of unbranched alkanes of at least 4 members (excludes halogenated alkanes) is 4. The number of nitrogens with zero attached hydrogens (tertiary/aromatic N) is 1. The van der Waals surface area contributed by atoms with Crippen molar-refractivity contribution in [2.45, 2.75) is 77.8 Å². The molecule has 0 bridgehead atoms. The van der Waals surface area contributed by atoms with E-state index in [-0.39, 0.29) is 0 Å². The first kappa shape index (κ1) is 18.0. The fourth-order valence-corrected chi connectivity index (χ4v) is 2.56. The average molecular weight is 292 g/mol. The fraction of sp³-hybridized carbons (Fsp3) is 0.722. The molecule has 1 aromatic heterocycles. The Morgan fingerprint density at radius 2 is 1.76 bits per heavy atom. The smallest absolute Gasteiger partial charge is 0.213 e. The molecule has 1 heterocycles. The fourth-order valence-electron chi connectivity index (χ4n) is 2.56. The van der Waals surface area contributed by atoms with Gasteiger partial charge in [0.1, 0.15) is 0 Å². The molecule has 3 heteroatoms. The molecule has 0 fully saturated rings. The van der Waals surface area contributed by atoms with E-state index in [4.69, 9.17) is 4.74 Å². The second kappa shape index (κ2) is 11.6. The highest BCUT2D eigenvalue weighted by Gasteiger charge is 2.08. The van der Waals surface area contributed by atoms with Crippen molar-refractivity contribution in [2.24, 2.45) is 0 Å². The quantitative estimate of drug-likeness (QED) is 0.567. The van der Waals surface area contributed by atoms with Gasteiger partial charge in [-0.15, -0.1) is 0 Å². The van der Waals surface area contributed by atoms with E-state index in [1.165, 1.54) is 56.9 Å². The Labute approximate surface area is 130 Å². The number of nitrogens with one attached hydrogen (secondary N) is 1. The van der Waals surface area contributed by atoms with Crippen molar-refractivity contribution >= 4 is 0 Å². The molecule has 0 amide bonds. The molecule has 120 valence electrons. The minimum absolute atomic E-state index is 0.641. The van der Waals surface area contributed by atoms with Crippen LogP contribution in [0, 0.1) is 0 Å². The predicted octanol–water partition coefficient (Wildman–Crippen LogP) is 4.71. The van der Waals surface area contributed by atoms with Gasteiger partial charge in [-0.3, -0.25) is 0 Å². The molecule has 0 spiro atoms. The van der Waals surface area contributed by atoms with Crippen LogP contribution < -0.4 is 10.1 Å². The van der Waals surface area contributed by atoms with E-state index in [1.54, 1.807) is 7.11 Å². The molecule has 0 aliphatic rings. The first-order valence-corrected chi connectivity index (χ1v) is 8.52. The summed E-state index contributed by atoms with van der Waals surface area (Å²) in [6.07, 6.45) is 12.3. The highest BCUT2D eigenvalue weighted by atomic mass is 16.5. The van der Waals surface area contributed by atoms with E-state index in [9.17, 15) is 0 Å². The maximum Gasteiger partial charge on any atom is 0.213 e. The van der Waals surface area contributed by atoms with Crippen LogP contribution in [0.25, 0.3) is 0 Å². The van der Waals surface area contributed by atoms with Gasteiger partial charge in [0.25, 0.3) is 0 Å². The van der Waals surface area contributed by atoms with Crippen LogP contribution >= 0.6 is 0 Å². The summed E-state index contributed by atoms with van der Waals surface area (Å²) in [7, 11) is 1.66. The van der Waals surface area contributed by atoms with Crippen molar-refractivity contribution in [3.8, 4) is 5.88 Å². The Morgan fingerprint density at radius 3 is 2.33 bits per heavy atom. The highest BCUT2D eigenvalue weighted by Crippen LogP contribution is 2.13. The van der Waals surface area contributed by atoms with Crippen molar-refractivity contribution < 1.29 is 4.74 Å². The number of hydrogen-bond donors (Lipinski definition) is 1. The molecule has 3 nitrogen and oxygen atoms in total. The molecule has 1 aromatic rings. The number of ether oxygens (including phenoxy) is 1. The molecule has 0 aliphatic heterocycles. The maximum atomic E-state index is 5.18. The van der Waals surface area contributed by atoms with E-state index in [0.29, 0.717) is 11.9 Å². The Bertz CT molecular complexity index is 358. The van der Waals surface area contributed by atoms with Crippen LogP contribution in [0.15, 0.2) is 18.3 Å². The third kappa shape index (κ3) is 8.05. The van der Waals surface area contributed by atoms with E-state index in [1.807, 2.05) is 12.3 Å². The lowest BCUT2D eigenvalue weighted by Gasteiger charge is -2.19. The first-order chi connectivity index (χ1) is 10.3. The third-order valence-corrected chi connectivity index (χ3v) is 3.92. The maximum absolute atomic E-state index is 5.18. The summed E-state index contributed by atoms with van der Waals surface area (Å²) in [5, 5.41) is 3.72. The van der Waals surface area contributed by atoms with Gasteiger partial charge in [-0.25, -0.2) is 4.98 Å². The predicted molar refractivity (Wildman–Crippen MR) is 89.7 cm³/mol. The van der Waals surface area contributed by atoms with Gasteiger partial charge >= 0.3 is 0 Å². The molecular formula is C18H32N2O. The lowest BCUT2D eigenvalue weighted by atomic mass is 10.0. The zero-order valence-corrected chi connectivity index (χ0v) is 14.0. The third-order valence-electron chi connectivity index (χ3n) is 3.92. The Morgan fingerprint density at radius 1 is 1.10 bits per heavy atom. The largest absolute Gasteiger partial charge is 0.481 e.